The van der Waals surface area contributed by atoms with Crippen molar-refractivity contribution in [3.05, 3.63) is 24.3 Å². The quantitative estimate of drug-likeness (QED) is 0.709. The Labute approximate surface area is 128 Å². The Balaban J connectivity index is 2.51. The summed E-state index contributed by atoms with van der Waals surface area (Å²) in [5.41, 5.74) is 0. The largest absolute Gasteiger partial charge is 0.494 e. The zero-order valence-corrected chi connectivity index (χ0v) is 14.1. The number of rotatable bonds is 9. The van der Waals surface area contributed by atoms with Gasteiger partial charge in [0.2, 0.25) is 10.0 Å². The number of ether oxygens (including phenoxy) is 1. The fraction of sp³-hybridized carbons (Fsp3) is 0.600. The molecule has 21 heavy (non-hydrogen) atoms. The van der Waals surface area contributed by atoms with Crippen LogP contribution in [0, 0.1) is 0 Å². The van der Waals surface area contributed by atoms with E-state index in [1.54, 1.807) is 38.2 Å². The molecule has 0 spiro atoms. The molecule has 0 amide bonds. The van der Waals surface area contributed by atoms with Crippen molar-refractivity contribution < 1.29 is 13.2 Å². The summed E-state index contributed by atoms with van der Waals surface area (Å²) < 4.78 is 31.1. The molecule has 6 heteroatoms. The number of nitrogens with zero attached hydrogens (tertiary/aromatic N) is 1. The van der Waals surface area contributed by atoms with E-state index in [0.29, 0.717) is 29.8 Å². The van der Waals surface area contributed by atoms with Crippen LogP contribution in [0.15, 0.2) is 29.2 Å². The van der Waals surface area contributed by atoms with E-state index in [1.165, 1.54) is 4.31 Å². The first-order chi connectivity index (χ1) is 9.87. The minimum Gasteiger partial charge on any atom is -0.494 e. The lowest BCUT2D eigenvalue weighted by molar-refractivity contribution is 0.306. The first-order valence-electron chi connectivity index (χ1n) is 7.30. The van der Waals surface area contributed by atoms with Crippen molar-refractivity contribution in [2.24, 2.45) is 0 Å². The third-order valence-electron chi connectivity index (χ3n) is 3.12. The molecule has 0 heterocycles. The molecule has 0 fully saturated rings. The van der Waals surface area contributed by atoms with Crippen LogP contribution in [0.5, 0.6) is 5.75 Å². The average molecular weight is 314 g/mol. The van der Waals surface area contributed by atoms with Crippen LogP contribution in [-0.2, 0) is 10.0 Å². The molecule has 0 aliphatic rings. The minimum atomic E-state index is -3.38. The van der Waals surface area contributed by atoms with E-state index in [2.05, 4.69) is 19.2 Å². The van der Waals surface area contributed by atoms with Crippen LogP contribution in [0.4, 0.5) is 0 Å². The van der Waals surface area contributed by atoms with Gasteiger partial charge in [-0.1, -0.05) is 20.8 Å². The highest BCUT2D eigenvalue weighted by Gasteiger charge is 2.18. The summed E-state index contributed by atoms with van der Waals surface area (Å²) in [5, 5.41) is 3.31. The highest BCUT2D eigenvalue weighted by Crippen LogP contribution is 2.18. The molecule has 1 N–H and O–H groups in total. The van der Waals surface area contributed by atoms with E-state index in [4.69, 9.17) is 4.74 Å². The maximum atomic E-state index is 12.1. The summed E-state index contributed by atoms with van der Waals surface area (Å²) in [6, 6.07) is 7.05. The van der Waals surface area contributed by atoms with E-state index >= 15 is 0 Å². The van der Waals surface area contributed by atoms with Crippen molar-refractivity contribution in [1.82, 2.24) is 9.62 Å². The normalized spacial score (nSPS) is 12.1. The second-order valence-electron chi connectivity index (χ2n) is 5.20. The van der Waals surface area contributed by atoms with Crippen molar-refractivity contribution in [1.29, 1.82) is 0 Å². The highest BCUT2D eigenvalue weighted by atomic mass is 32.2. The summed E-state index contributed by atoms with van der Waals surface area (Å²) in [7, 11) is -1.81. The smallest absolute Gasteiger partial charge is 0.242 e. The summed E-state index contributed by atoms with van der Waals surface area (Å²) in [6.45, 7) is 7.98. The van der Waals surface area contributed by atoms with E-state index < -0.39 is 10.0 Å². The van der Waals surface area contributed by atoms with Crippen LogP contribution in [0.25, 0.3) is 0 Å². The molecule has 120 valence electrons. The molecule has 0 aliphatic heterocycles. The number of nitrogens with one attached hydrogen (secondary N) is 1. The first-order valence-corrected chi connectivity index (χ1v) is 8.74. The molecule has 0 aromatic heterocycles. The van der Waals surface area contributed by atoms with Gasteiger partial charge < -0.3 is 10.1 Å². The fourth-order valence-electron chi connectivity index (χ4n) is 1.71. The lowest BCUT2D eigenvalue weighted by atomic mass is 10.3. The standard InChI is InChI=1S/C15H26N2O3S/c1-5-17(4)21(18,19)15-9-7-14(8-10-15)20-12-6-11-16-13(2)3/h7-10,13,16H,5-6,11-12H2,1-4H3. The number of hydrogen-bond acceptors (Lipinski definition) is 4. The molecule has 0 saturated carbocycles. The molecule has 1 rings (SSSR count). The Morgan fingerprint density at radius 2 is 1.86 bits per heavy atom. The van der Waals surface area contributed by atoms with Gasteiger partial charge in [0, 0.05) is 19.6 Å². The number of sulfonamides is 1. The molecule has 1 aromatic carbocycles. The van der Waals surface area contributed by atoms with Crippen molar-refractivity contribution >= 4 is 10.0 Å². The number of benzene rings is 1. The topological polar surface area (TPSA) is 58.6 Å². The van der Waals surface area contributed by atoms with Gasteiger partial charge in [0.1, 0.15) is 5.75 Å². The van der Waals surface area contributed by atoms with Crippen LogP contribution in [0.1, 0.15) is 27.2 Å². The average Bonchev–Trinajstić information content (AvgIpc) is 2.46. The van der Waals surface area contributed by atoms with Crippen molar-refractivity contribution in [3.8, 4) is 5.75 Å². The van der Waals surface area contributed by atoms with E-state index in [0.717, 1.165) is 13.0 Å². The van der Waals surface area contributed by atoms with Gasteiger partial charge in [-0.15, -0.1) is 0 Å². The van der Waals surface area contributed by atoms with Crippen molar-refractivity contribution in [2.45, 2.75) is 38.1 Å². The predicted octanol–water partition coefficient (Wildman–Crippen LogP) is 2.09. The van der Waals surface area contributed by atoms with Gasteiger partial charge in [-0.25, -0.2) is 12.7 Å². The minimum absolute atomic E-state index is 0.292. The predicted molar refractivity (Wildman–Crippen MR) is 85.2 cm³/mol. The zero-order chi connectivity index (χ0) is 15.9. The Bertz CT molecular complexity index is 512. The molecular weight excluding hydrogens is 288 g/mol. The zero-order valence-electron chi connectivity index (χ0n) is 13.3. The summed E-state index contributed by atoms with van der Waals surface area (Å²) >= 11 is 0. The second kappa shape index (κ2) is 8.36. The molecule has 5 nitrogen and oxygen atoms in total. The SMILES string of the molecule is CCN(C)S(=O)(=O)c1ccc(OCCCNC(C)C)cc1. The van der Waals surface area contributed by atoms with Gasteiger partial charge in [-0.2, -0.15) is 0 Å². The van der Waals surface area contributed by atoms with Crippen LogP contribution in [0.2, 0.25) is 0 Å². The summed E-state index contributed by atoms with van der Waals surface area (Å²) in [4.78, 5) is 0.292. The maximum absolute atomic E-state index is 12.1. The second-order valence-corrected chi connectivity index (χ2v) is 7.25. The lowest BCUT2D eigenvalue weighted by Crippen LogP contribution is -2.26. The highest BCUT2D eigenvalue weighted by molar-refractivity contribution is 7.89. The Morgan fingerprint density at radius 1 is 1.24 bits per heavy atom. The van der Waals surface area contributed by atoms with Crippen LogP contribution in [-0.4, -0.2) is 45.5 Å². The van der Waals surface area contributed by atoms with Crippen molar-refractivity contribution in [2.75, 3.05) is 26.7 Å². The molecular formula is C15H26N2O3S. The third-order valence-corrected chi connectivity index (χ3v) is 5.07. The van der Waals surface area contributed by atoms with Crippen molar-refractivity contribution in [3.63, 3.8) is 0 Å². The molecule has 0 radical (unpaired) electrons. The molecule has 0 atom stereocenters. The number of hydrogen-bond donors (Lipinski definition) is 1. The molecule has 0 unspecified atom stereocenters. The monoisotopic (exact) mass is 314 g/mol. The van der Waals surface area contributed by atoms with E-state index in [1.807, 2.05) is 0 Å². The van der Waals surface area contributed by atoms with Gasteiger partial charge in [0.25, 0.3) is 0 Å². The first kappa shape index (κ1) is 17.9. The lowest BCUT2D eigenvalue weighted by Gasteiger charge is -2.15. The van der Waals surface area contributed by atoms with Gasteiger partial charge in [-0.3, -0.25) is 0 Å². The van der Waals surface area contributed by atoms with Crippen LogP contribution < -0.4 is 10.1 Å². The summed E-state index contributed by atoms with van der Waals surface area (Å²) in [5.74, 6) is 0.692. The molecule has 0 bridgehead atoms. The molecule has 1 aromatic rings. The van der Waals surface area contributed by atoms with E-state index in [9.17, 15) is 8.42 Å². The molecule has 0 aliphatic carbocycles. The Morgan fingerprint density at radius 3 is 2.38 bits per heavy atom. The van der Waals surface area contributed by atoms with Crippen LogP contribution in [0.3, 0.4) is 0 Å². The summed E-state index contributed by atoms with van der Waals surface area (Å²) in [6.07, 6.45) is 0.913. The maximum Gasteiger partial charge on any atom is 0.242 e. The fourth-order valence-corrected chi connectivity index (χ4v) is 2.89. The third kappa shape index (κ3) is 5.65. The van der Waals surface area contributed by atoms with E-state index in [-0.39, 0.29) is 0 Å². The van der Waals surface area contributed by atoms with Crippen LogP contribution >= 0.6 is 0 Å². The Kier molecular flexibility index (Phi) is 7.14. The molecule has 0 saturated heterocycles. The van der Waals surface area contributed by atoms with Gasteiger partial charge in [0.05, 0.1) is 11.5 Å². The van der Waals surface area contributed by atoms with Gasteiger partial charge in [-0.05, 0) is 37.2 Å². The van der Waals surface area contributed by atoms with Gasteiger partial charge in [0.15, 0.2) is 0 Å². The Hall–Kier alpha value is -1.11. The van der Waals surface area contributed by atoms with Gasteiger partial charge >= 0.3 is 0 Å².